The molecule has 5 heteroatoms. The van der Waals surface area contributed by atoms with Crippen LogP contribution in [0.2, 0.25) is 0 Å². The van der Waals surface area contributed by atoms with E-state index in [4.69, 9.17) is 4.74 Å². The van der Waals surface area contributed by atoms with Crippen molar-refractivity contribution in [3.8, 4) is 0 Å². The molecule has 4 rings (SSSR count). The number of morpholine rings is 1. The van der Waals surface area contributed by atoms with Gasteiger partial charge in [-0.15, -0.1) is 0 Å². The maximum Gasteiger partial charge on any atom is 0.246 e. The molecule has 2 aliphatic rings. The van der Waals surface area contributed by atoms with Crippen molar-refractivity contribution in [3.63, 3.8) is 0 Å². The molecule has 3 heterocycles. The number of carbonyl (C=O) groups excluding carboxylic acids is 1. The van der Waals surface area contributed by atoms with Crippen LogP contribution in [-0.4, -0.2) is 66.1 Å². The second-order valence-corrected chi connectivity index (χ2v) is 6.64. The summed E-state index contributed by atoms with van der Waals surface area (Å²) in [7, 11) is 0. The second-order valence-electron chi connectivity index (χ2n) is 6.64. The predicted molar refractivity (Wildman–Crippen MR) is 98.2 cm³/mol. The lowest BCUT2D eigenvalue weighted by Crippen LogP contribution is -2.45. The van der Waals surface area contributed by atoms with Gasteiger partial charge in [-0.3, -0.25) is 9.69 Å². The largest absolute Gasteiger partial charge is 0.379 e. The van der Waals surface area contributed by atoms with E-state index in [1.54, 1.807) is 6.08 Å². The van der Waals surface area contributed by atoms with Crippen LogP contribution in [0.4, 0.5) is 0 Å². The van der Waals surface area contributed by atoms with Crippen molar-refractivity contribution >= 4 is 22.9 Å². The average Bonchev–Trinajstić information content (AvgIpc) is 3.17. The maximum absolute atomic E-state index is 12.5. The summed E-state index contributed by atoms with van der Waals surface area (Å²) in [5.41, 5.74) is 1.77. The number of benzene rings is 1. The van der Waals surface area contributed by atoms with Crippen LogP contribution in [0.25, 0.3) is 17.0 Å². The number of nitrogens with zero attached hydrogens (tertiary/aromatic N) is 3. The van der Waals surface area contributed by atoms with Gasteiger partial charge in [0.1, 0.15) is 0 Å². The normalized spacial score (nSPS) is 22.1. The predicted octanol–water partition coefficient (Wildman–Crippen LogP) is 2.18. The molecule has 25 heavy (non-hydrogen) atoms. The van der Waals surface area contributed by atoms with Crippen LogP contribution in [0.3, 0.4) is 0 Å². The summed E-state index contributed by atoms with van der Waals surface area (Å²) in [5.74, 6) is 0.0747. The van der Waals surface area contributed by atoms with Crippen LogP contribution in [-0.2, 0) is 9.53 Å². The molecular formula is C20H23N3O2. The van der Waals surface area contributed by atoms with E-state index >= 15 is 0 Å². The van der Waals surface area contributed by atoms with E-state index in [0.29, 0.717) is 6.04 Å². The van der Waals surface area contributed by atoms with Crippen molar-refractivity contribution in [2.75, 3.05) is 39.4 Å². The topological polar surface area (TPSA) is 45.7 Å². The first-order valence-electron chi connectivity index (χ1n) is 8.94. The van der Waals surface area contributed by atoms with E-state index in [9.17, 15) is 4.79 Å². The third-order valence-electron chi connectivity index (χ3n) is 5.05. The van der Waals surface area contributed by atoms with Crippen LogP contribution in [0, 0.1) is 0 Å². The van der Waals surface area contributed by atoms with E-state index in [-0.39, 0.29) is 5.91 Å². The van der Waals surface area contributed by atoms with Gasteiger partial charge >= 0.3 is 0 Å². The molecule has 0 aliphatic carbocycles. The molecule has 2 fully saturated rings. The summed E-state index contributed by atoms with van der Waals surface area (Å²) >= 11 is 0. The molecular weight excluding hydrogens is 314 g/mol. The Morgan fingerprint density at radius 1 is 1.12 bits per heavy atom. The SMILES string of the molecule is O=C(/C=C/c1ccc2ccccc2n1)N1CCC(N2CCOCC2)C1. The van der Waals surface area contributed by atoms with Gasteiger partial charge in [-0.1, -0.05) is 24.3 Å². The van der Waals surface area contributed by atoms with Gasteiger partial charge in [0, 0.05) is 43.7 Å². The zero-order chi connectivity index (χ0) is 17.1. The zero-order valence-electron chi connectivity index (χ0n) is 14.3. The summed E-state index contributed by atoms with van der Waals surface area (Å²) in [6.45, 7) is 5.20. The highest BCUT2D eigenvalue weighted by Crippen LogP contribution is 2.18. The Hall–Kier alpha value is -2.24. The number of para-hydroxylation sites is 1. The van der Waals surface area contributed by atoms with E-state index < -0.39 is 0 Å². The molecule has 2 aliphatic heterocycles. The molecule has 0 N–H and O–H groups in total. The highest BCUT2D eigenvalue weighted by Gasteiger charge is 2.30. The Kier molecular flexibility index (Phi) is 4.76. The first kappa shape index (κ1) is 16.2. The molecule has 0 radical (unpaired) electrons. The minimum Gasteiger partial charge on any atom is -0.379 e. The average molecular weight is 337 g/mol. The van der Waals surface area contributed by atoms with Crippen LogP contribution >= 0.6 is 0 Å². The first-order valence-corrected chi connectivity index (χ1v) is 8.94. The molecule has 130 valence electrons. The lowest BCUT2D eigenvalue weighted by molar-refractivity contribution is -0.125. The van der Waals surface area contributed by atoms with Gasteiger partial charge in [0.05, 0.1) is 24.4 Å². The number of amides is 1. The van der Waals surface area contributed by atoms with Crippen molar-refractivity contribution in [2.24, 2.45) is 0 Å². The number of aromatic nitrogens is 1. The van der Waals surface area contributed by atoms with E-state index in [0.717, 1.165) is 62.4 Å². The quantitative estimate of drug-likeness (QED) is 0.806. The van der Waals surface area contributed by atoms with Crippen molar-refractivity contribution in [1.82, 2.24) is 14.8 Å². The monoisotopic (exact) mass is 337 g/mol. The number of rotatable bonds is 3. The lowest BCUT2D eigenvalue weighted by atomic mass is 10.2. The summed E-state index contributed by atoms with van der Waals surface area (Å²) < 4.78 is 5.41. The number of pyridine rings is 1. The van der Waals surface area contributed by atoms with E-state index in [2.05, 4.69) is 9.88 Å². The molecule has 1 amide bonds. The molecule has 1 aromatic heterocycles. The minimum absolute atomic E-state index is 0.0747. The zero-order valence-corrected chi connectivity index (χ0v) is 14.3. The Balaban J connectivity index is 1.38. The molecule has 2 aromatic rings. The smallest absolute Gasteiger partial charge is 0.246 e. The fourth-order valence-electron chi connectivity index (χ4n) is 3.62. The third kappa shape index (κ3) is 3.72. The number of likely N-dealkylation sites (tertiary alicyclic amines) is 1. The number of carbonyl (C=O) groups is 1. The molecule has 1 atom stereocenters. The summed E-state index contributed by atoms with van der Waals surface area (Å²) in [6, 6.07) is 12.5. The Labute approximate surface area is 147 Å². The molecule has 2 saturated heterocycles. The molecule has 0 bridgehead atoms. The van der Waals surface area contributed by atoms with Crippen molar-refractivity contribution in [1.29, 1.82) is 0 Å². The van der Waals surface area contributed by atoms with E-state index in [1.165, 1.54) is 0 Å². The third-order valence-corrected chi connectivity index (χ3v) is 5.05. The van der Waals surface area contributed by atoms with Gasteiger partial charge in [0.2, 0.25) is 5.91 Å². The first-order chi connectivity index (χ1) is 12.3. The van der Waals surface area contributed by atoms with E-state index in [1.807, 2.05) is 47.4 Å². The Bertz CT molecular complexity index is 783. The molecule has 1 aromatic carbocycles. The fourth-order valence-corrected chi connectivity index (χ4v) is 3.62. The molecule has 5 nitrogen and oxygen atoms in total. The van der Waals surface area contributed by atoms with Gasteiger partial charge in [0.15, 0.2) is 0 Å². The van der Waals surface area contributed by atoms with Crippen molar-refractivity contribution in [3.05, 3.63) is 48.2 Å². The number of ether oxygens (including phenoxy) is 1. The standard InChI is InChI=1S/C20H23N3O2/c24-20(23-10-9-18(15-23)22-11-13-25-14-12-22)8-7-17-6-5-16-3-1-2-4-19(16)21-17/h1-8,18H,9-15H2/b8-7+. The van der Waals surface area contributed by atoms with Gasteiger partial charge in [-0.2, -0.15) is 0 Å². The maximum atomic E-state index is 12.5. The van der Waals surface area contributed by atoms with Crippen LogP contribution in [0.1, 0.15) is 12.1 Å². The Morgan fingerprint density at radius 2 is 1.96 bits per heavy atom. The number of fused-ring (bicyclic) bond motifs is 1. The van der Waals surface area contributed by atoms with Gasteiger partial charge in [0.25, 0.3) is 0 Å². The summed E-state index contributed by atoms with van der Waals surface area (Å²) in [5, 5.41) is 1.11. The van der Waals surface area contributed by atoms with Crippen LogP contribution in [0.5, 0.6) is 0 Å². The van der Waals surface area contributed by atoms with Crippen LogP contribution < -0.4 is 0 Å². The molecule has 0 spiro atoms. The van der Waals surface area contributed by atoms with Crippen molar-refractivity contribution < 1.29 is 9.53 Å². The van der Waals surface area contributed by atoms with Crippen LogP contribution in [0.15, 0.2) is 42.5 Å². The number of hydrogen-bond donors (Lipinski definition) is 0. The Morgan fingerprint density at radius 3 is 2.84 bits per heavy atom. The van der Waals surface area contributed by atoms with Gasteiger partial charge in [-0.25, -0.2) is 4.98 Å². The lowest BCUT2D eigenvalue weighted by Gasteiger charge is -2.31. The fraction of sp³-hybridized carbons (Fsp3) is 0.400. The minimum atomic E-state index is 0.0747. The highest BCUT2D eigenvalue weighted by atomic mass is 16.5. The number of hydrogen-bond acceptors (Lipinski definition) is 4. The second kappa shape index (κ2) is 7.33. The van der Waals surface area contributed by atoms with Crippen molar-refractivity contribution in [2.45, 2.75) is 12.5 Å². The highest BCUT2D eigenvalue weighted by molar-refractivity contribution is 5.92. The molecule has 1 unspecified atom stereocenters. The summed E-state index contributed by atoms with van der Waals surface area (Å²) in [6.07, 6.45) is 4.52. The van der Waals surface area contributed by atoms with Gasteiger partial charge in [-0.05, 0) is 24.6 Å². The van der Waals surface area contributed by atoms with Gasteiger partial charge < -0.3 is 9.64 Å². The molecule has 0 saturated carbocycles. The summed E-state index contributed by atoms with van der Waals surface area (Å²) in [4.78, 5) is 21.5.